The normalized spacial score (nSPS) is 14.2. The predicted molar refractivity (Wildman–Crippen MR) is 177 cm³/mol. The van der Waals surface area contributed by atoms with E-state index >= 15 is 0 Å². The molecule has 0 unspecified atom stereocenters. The summed E-state index contributed by atoms with van der Waals surface area (Å²) in [6.07, 6.45) is 6.17. The molecule has 0 radical (unpaired) electrons. The second-order valence-corrected chi connectivity index (χ2v) is 13.8. The van der Waals surface area contributed by atoms with Gasteiger partial charge in [-0.05, 0) is 92.6 Å². The topological polar surface area (TPSA) is 96.0 Å². The first-order chi connectivity index (χ1) is 21.2. The summed E-state index contributed by atoms with van der Waals surface area (Å²) < 4.78 is 34.9. The maximum atomic E-state index is 14.3. The number of anilines is 1. The van der Waals surface area contributed by atoms with Crippen molar-refractivity contribution < 1.29 is 22.7 Å². The third-order valence-corrected chi connectivity index (χ3v) is 10.6. The number of halogens is 1. The van der Waals surface area contributed by atoms with Crippen LogP contribution in [-0.4, -0.2) is 56.6 Å². The predicted octanol–water partition coefficient (Wildman–Crippen LogP) is 6.52. The summed E-state index contributed by atoms with van der Waals surface area (Å²) in [5.41, 5.74) is 0.967. The number of nitrogens with zero attached hydrogens (tertiary/aromatic N) is 2. The van der Waals surface area contributed by atoms with E-state index in [1.165, 1.54) is 16.7 Å². The SMILES string of the molecule is CCOc1ccc(N(CC(=O)N(Cc2ccccc2Cl)[C@@H](CC)C(=O)NC2CCCC2)S(=O)(=O)c2ccc(SC)cc2)cc1. The summed E-state index contributed by atoms with van der Waals surface area (Å²) in [5.74, 6) is -0.182. The van der Waals surface area contributed by atoms with Crippen LogP contribution in [0.1, 0.15) is 51.5 Å². The maximum absolute atomic E-state index is 14.3. The van der Waals surface area contributed by atoms with Gasteiger partial charge in [0.25, 0.3) is 10.0 Å². The molecule has 236 valence electrons. The fourth-order valence-corrected chi connectivity index (χ4v) is 7.39. The number of sulfonamides is 1. The summed E-state index contributed by atoms with van der Waals surface area (Å²) >= 11 is 8.00. The molecule has 2 amide bonds. The van der Waals surface area contributed by atoms with Crippen LogP contribution in [0, 0.1) is 0 Å². The largest absolute Gasteiger partial charge is 0.494 e. The van der Waals surface area contributed by atoms with Crippen LogP contribution in [0.2, 0.25) is 5.02 Å². The molecule has 0 bridgehead atoms. The smallest absolute Gasteiger partial charge is 0.264 e. The van der Waals surface area contributed by atoms with E-state index in [2.05, 4.69) is 5.32 Å². The van der Waals surface area contributed by atoms with Crippen LogP contribution in [-0.2, 0) is 26.2 Å². The Kier molecular flexibility index (Phi) is 12.0. The van der Waals surface area contributed by atoms with Crippen molar-refractivity contribution in [3.05, 3.63) is 83.4 Å². The van der Waals surface area contributed by atoms with Gasteiger partial charge in [0, 0.05) is 22.5 Å². The van der Waals surface area contributed by atoms with Gasteiger partial charge in [0.2, 0.25) is 11.8 Å². The monoisotopic (exact) mass is 657 g/mol. The van der Waals surface area contributed by atoms with Crippen LogP contribution in [0.4, 0.5) is 5.69 Å². The Balaban J connectivity index is 1.72. The lowest BCUT2D eigenvalue weighted by Gasteiger charge is -2.34. The molecule has 0 aromatic heterocycles. The molecular weight excluding hydrogens is 618 g/mol. The van der Waals surface area contributed by atoms with E-state index < -0.39 is 28.5 Å². The molecule has 3 aromatic carbocycles. The second-order valence-electron chi connectivity index (χ2n) is 10.6. The molecule has 1 aliphatic rings. The van der Waals surface area contributed by atoms with Crippen molar-refractivity contribution in [2.75, 3.05) is 23.7 Å². The van der Waals surface area contributed by atoms with Gasteiger partial charge < -0.3 is 15.0 Å². The number of carbonyl (C=O) groups is 2. The van der Waals surface area contributed by atoms with E-state index in [9.17, 15) is 18.0 Å². The van der Waals surface area contributed by atoms with E-state index in [-0.39, 0.29) is 23.4 Å². The Morgan fingerprint density at radius 2 is 1.66 bits per heavy atom. The fourth-order valence-electron chi connectivity index (χ4n) is 5.38. The molecule has 0 aliphatic heterocycles. The minimum absolute atomic E-state index is 0.0503. The maximum Gasteiger partial charge on any atom is 0.264 e. The molecule has 44 heavy (non-hydrogen) atoms. The van der Waals surface area contributed by atoms with Crippen LogP contribution in [0.5, 0.6) is 5.75 Å². The van der Waals surface area contributed by atoms with E-state index in [4.69, 9.17) is 16.3 Å². The number of ether oxygens (including phenoxy) is 1. The summed E-state index contributed by atoms with van der Waals surface area (Å²) in [6, 6.07) is 19.5. The van der Waals surface area contributed by atoms with Gasteiger partial charge in [-0.15, -0.1) is 11.8 Å². The lowest BCUT2D eigenvalue weighted by Crippen LogP contribution is -2.53. The first kappa shape index (κ1) is 33.7. The van der Waals surface area contributed by atoms with Crippen molar-refractivity contribution in [2.45, 2.75) is 74.4 Å². The lowest BCUT2D eigenvalue weighted by molar-refractivity contribution is -0.140. The standard InChI is InChI=1S/C33H40ClN3O5S2/c1-4-31(33(39)35-25-11-7-8-12-25)36(22-24-10-6-9-13-30(24)34)32(38)23-37(26-14-16-27(17-15-26)42-5-2)44(40,41)29-20-18-28(43-3)19-21-29/h6,9-10,13-21,25,31H,4-5,7-8,11-12,22-23H2,1-3H3,(H,35,39)/t31-/m0/s1. The zero-order valence-corrected chi connectivity index (χ0v) is 27.8. The van der Waals surface area contributed by atoms with Gasteiger partial charge in [0.1, 0.15) is 18.3 Å². The Hall–Kier alpha value is -3.21. The average molecular weight is 658 g/mol. The van der Waals surface area contributed by atoms with Gasteiger partial charge in [0.05, 0.1) is 17.2 Å². The summed E-state index contributed by atoms with van der Waals surface area (Å²) in [7, 11) is -4.18. The minimum Gasteiger partial charge on any atom is -0.494 e. The average Bonchev–Trinajstić information content (AvgIpc) is 3.54. The number of benzene rings is 3. The lowest BCUT2D eigenvalue weighted by atomic mass is 10.1. The van der Waals surface area contributed by atoms with E-state index in [1.54, 1.807) is 66.7 Å². The summed E-state index contributed by atoms with van der Waals surface area (Å²) in [4.78, 5) is 30.3. The van der Waals surface area contributed by atoms with Crippen molar-refractivity contribution >= 4 is 50.9 Å². The molecule has 0 heterocycles. The Bertz CT molecular complexity index is 1510. The van der Waals surface area contributed by atoms with Crippen molar-refractivity contribution in [3.63, 3.8) is 0 Å². The van der Waals surface area contributed by atoms with Gasteiger partial charge >= 0.3 is 0 Å². The molecule has 11 heteroatoms. The van der Waals surface area contributed by atoms with Crippen molar-refractivity contribution in [3.8, 4) is 5.75 Å². The molecule has 8 nitrogen and oxygen atoms in total. The number of rotatable bonds is 14. The quantitative estimate of drug-likeness (QED) is 0.198. The Labute approximate surface area is 270 Å². The zero-order chi connectivity index (χ0) is 31.7. The van der Waals surface area contributed by atoms with E-state index in [0.29, 0.717) is 35.1 Å². The van der Waals surface area contributed by atoms with Gasteiger partial charge in [-0.2, -0.15) is 0 Å². The van der Waals surface area contributed by atoms with Crippen LogP contribution >= 0.6 is 23.4 Å². The first-order valence-corrected chi connectivity index (χ1v) is 17.9. The molecule has 1 N–H and O–H groups in total. The molecule has 0 spiro atoms. The number of thioether (sulfide) groups is 1. The van der Waals surface area contributed by atoms with Gasteiger partial charge in [0.15, 0.2) is 0 Å². The molecule has 1 aliphatic carbocycles. The third kappa shape index (κ3) is 8.28. The molecule has 1 fully saturated rings. The Morgan fingerprint density at radius 3 is 2.25 bits per heavy atom. The van der Waals surface area contributed by atoms with Gasteiger partial charge in [-0.25, -0.2) is 8.42 Å². The van der Waals surface area contributed by atoms with Gasteiger partial charge in [-0.1, -0.05) is 49.6 Å². The summed E-state index contributed by atoms with van der Waals surface area (Å²) in [5, 5.41) is 3.58. The van der Waals surface area contributed by atoms with Crippen LogP contribution < -0.4 is 14.4 Å². The number of hydrogen-bond acceptors (Lipinski definition) is 6. The van der Waals surface area contributed by atoms with E-state index in [1.807, 2.05) is 26.2 Å². The van der Waals surface area contributed by atoms with Gasteiger partial charge in [-0.3, -0.25) is 13.9 Å². The van der Waals surface area contributed by atoms with Crippen molar-refractivity contribution in [2.24, 2.45) is 0 Å². The molecule has 1 atom stereocenters. The number of carbonyl (C=O) groups excluding carboxylic acids is 2. The zero-order valence-electron chi connectivity index (χ0n) is 25.4. The second kappa shape index (κ2) is 15.7. The highest BCUT2D eigenvalue weighted by Gasteiger charge is 2.35. The molecule has 3 aromatic rings. The highest BCUT2D eigenvalue weighted by molar-refractivity contribution is 7.98. The van der Waals surface area contributed by atoms with Crippen LogP contribution in [0.3, 0.4) is 0 Å². The molecular formula is C33H40ClN3O5S2. The van der Waals surface area contributed by atoms with Crippen molar-refractivity contribution in [1.82, 2.24) is 10.2 Å². The Morgan fingerprint density at radius 1 is 1.00 bits per heavy atom. The minimum atomic E-state index is -4.18. The summed E-state index contributed by atoms with van der Waals surface area (Å²) in [6.45, 7) is 3.70. The molecule has 1 saturated carbocycles. The third-order valence-electron chi connectivity index (χ3n) is 7.75. The number of nitrogens with one attached hydrogen (secondary N) is 1. The number of hydrogen-bond donors (Lipinski definition) is 1. The fraction of sp³-hybridized carbons (Fsp3) is 0.394. The highest BCUT2D eigenvalue weighted by Crippen LogP contribution is 2.29. The highest BCUT2D eigenvalue weighted by atomic mass is 35.5. The number of amides is 2. The van der Waals surface area contributed by atoms with Crippen molar-refractivity contribution in [1.29, 1.82) is 0 Å². The van der Waals surface area contributed by atoms with Crippen LogP contribution in [0.25, 0.3) is 0 Å². The van der Waals surface area contributed by atoms with E-state index in [0.717, 1.165) is 34.9 Å². The first-order valence-electron chi connectivity index (χ1n) is 14.9. The molecule has 4 rings (SSSR count). The van der Waals surface area contributed by atoms with Crippen LogP contribution in [0.15, 0.2) is 82.6 Å². The molecule has 0 saturated heterocycles.